The molecule has 2 rings (SSSR count). The highest BCUT2D eigenvalue weighted by Gasteiger charge is 2.09. The van der Waals surface area contributed by atoms with Gasteiger partial charge in [-0.05, 0) is 56.1 Å². The second-order valence-corrected chi connectivity index (χ2v) is 4.97. The zero-order chi connectivity index (χ0) is 12.3. The molecular weight excluding hydrogens is 348 g/mol. The molecule has 0 fully saturated rings. The number of carbonyl (C=O) groups is 1. The normalized spacial score (nSPS) is 10.0. The van der Waals surface area contributed by atoms with Crippen molar-refractivity contribution in [2.24, 2.45) is 0 Å². The molecule has 3 nitrogen and oxygen atoms in total. The SMILES string of the molecule is O=C(Nc1ccc(Br)nc1)c1ccccc1Br. The molecular formula is C12H8Br2N2O. The molecule has 0 atom stereocenters. The molecule has 0 spiro atoms. The number of nitrogens with zero attached hydrogens (tertiary/aromatic N) is 1. The first-order valence-corrected chi connectivity index (χ1v) is 6.43. The molecule has 2 aromatic rings. The van der Waals surface area contributed by atoms with Crippen molar-refractivity contribution in [1.29, 1.82) is 0 Å². The summed E-state index contributed by atoms with van der Waals surface area (Å²) in [6.45, 7) is 0. The van der Waals surface area contributed by atoms with Gasteiger partial charge in [0.05, 0.1) is 17.4 Å². The molecule has 0 unspecified atom stereocenters. The Morgan fingerprint density at radius 1 is 1.12 bits per heavy atom. The van der Waals surface area contributed by atoms with Crippen LogP contribution in [0.3, 0.4) is 0 Å². The van der Waals surface area contributed by atoms with E-state index in [1.54, 1.807) is 24.4 Å². The Bertz CT molecular complexity index is 540. The summed E-state index contributed by atoms with van der Waals surface area (Å²) in [4.78, 5) is 16.0. The average Bonchev–Trinajstić information content (AvgIpc) is 2.32. The molecule has 1 N–H and O–H groups in total. The van der Waals surface area contributed by atoms with E-state index in [1.807, 2.05) is 18.2 Å². The number of rotatable bonds is 2. The maximum atomic E-state index is 11.9. The number of anilines is 1. The maximum Gasteiger partial charge on any atom is 0.256 e. The molecule has 17 heavy (non-hydrogen) atoms. The molecule has 0 radical (unpaired) electrons. The Kier molecular flexibility index (Phi) is 3.91. The number of aromatic nitrogens is 1. The van der Waals surface area contributed by atoms with Gasteiger partial charge in [0.15, 0.2) is 0 Å². The van der Waals surface area contributed by atoms with Crippen LogP contribution in [0.25, 0.3) is 0 Å². The number of halogens is 2. The van der Waals surface area contributed by atoms with Gasteiger partial charge >= 0.3 is 0 Å². The van der Waals surface area contributed by atoms with Crippen LogP contribution in [0.5, 0.6) is 0 Å². The zero-order valence-electron chi connectivity index (χ0n) is 8.65. The van der Waals surface area contributed by atoms with Gasteiger partial charge in [-0.25, -0.2) is 4.98 Å². The van der Waals surface area contributed by atoms with E-state index < -0.39 is 0 Å². The van der Waals surface area contributed by atoms with Crippen LogP contribution < -0.4 is 5.32 Å². The highest BCUT2D eigenvalue weighted by atomic mass is 79.9. The fourth-order valence-corrected chi connectivity index (χ4v) is 1.99. The fraction of sp³-hybridized carbons (Fsp3) is 0. The minimum atomic E-state index is -0.165. The van der Waals surface area contributed by atoms with E-state index in [0.29, 0.717) is 11.3 Å². The number of pyridine rings is 1. The summed E-state index contributed by atoms with van der Waals surface area (Å²) in [7, 11) is 0. The predicted molar refractivity (Wildman–Crippen MR) is 74.0 cm³/mol. The number of hydrogen-bond donors (Lipinski definition) is 1. The number of amides is 1. The highest BCUT2D eigenvalue weighted by molar-refractivity contribution is 9.10. The first-order valence-electron chi connectivity index (χ1n) is 4.84. The van der Waals surface area contributed by atoms with E-state index in [4.69, 9.17) is 0 Å². The first kappa shape index (κ1) is 12.3. The molecule has 1 aromatic carbocycles. The van der Waals surface area contributed by atoms with E-state index in [-0.39, 0.29) is 5.91 Å². The Hall–Kier alpha value is -1.20. The van der Waals surface area contributed by atoms with Crippen LogP contribution in [0.2, 0.25) is 0 Å². The van der Waals surface area contributed by atoms with Gasteiger partial charge in [0.2, 0.25) is 0 Å². The zero-order valence-corrected chi connectivity index (χ0v) is 11.8. The second-order valence-electron chi connectivity index (χ2n) is 3.30. The van der Waals surface area contributed by atoms with Crippen LogP contribution in [0.4, 0.5) is 5.69 Å². The lowest BCUT2D eigenvalue weighted by atomic mass is 10.2. The Morgan fingerprint density at radius 3 is 2.53 bits per heavy atom. The third-order valence-electron chi connectivity index (χ3n) is 2.10. The molecule has 1 amide bonds. The molecule has 0 saturated heterocycles. The number of hydrogen-bond acceptors (Lipinski definition) is 2. The summed E-state index contributed by atoms with van der Waals surface area (Å²) < 4.78 is 1.50. The van der Waals surface area contributed by atoms with Gasteiger partial charge < -0.3 is 5.32 Å². The molecule has 0 aliphatic heterocycles. The van der Waals surface area contributed by atoms with Crippen molar-refractivity contribution in [3.8, 4) is 0 Å². The molecule has 0 bridgehead atoms. The molecule has 0 aliphatic rings. The van der Waals surface area contributed by atoms with Gasteiger partial charge in [-0.2, -0.15) is 0 Å². The monoisotopic (exact) mass is 354 g/mol. The molecule has 1 heterocycles. The molecule has 1 aromatic heterocycles. The van der Waals surface area contributed by atoms with Crippen molar-refractivity contribution < 1.29 is 4.79 Å². The van der Waals surface area contributed by atoms with Gasteiger partial charge in [-0.3, -0.25) is 4.79 Å². The van der Waals surface area contributed by atoms with Crippen molar-refractivity contribution in [1.82, 2.24) is 4.98 Å². The molecule has 0 saturated carbocycles. The second kappa shape index (κ2) is 5.42. The van der Waals surface area contributed by atoms with Crippen molar-refractivity contribution in [2.45, 2.75) is 0 Å². The van der Waals surface area contributed by atoms with Gasteiger partial charge in [-0.15, -0.1) is 0 Å². The van der Waals surface area contributed by atoms with Gasteiger partial charge in [0.25, 0.3) is 5.91 Å². The minimum Gasteiger partial charge on any atom is -0.321 e. The van der Waals surface area contributed by atoms with Gasteiger partial charge in [-0.1, -0.05) is 12.1 Å². The summed E-state index contributed by atoms with van der Waals surface area (Å²) in [5, 5.41) is 2.77. The average molecular weight is 356 g/mol. The topological polar surface area (TPSA) is 42.0 Å². The quantitative estimate of drug-likeness (QED) is 0.831. The van der Waals surface area contributed by atoms with Gasteiger partial charge in [0, 0.05) is 4.47 Å². The van der Waals surface area contributed by atoms with Crippen LogP contribution in [0, 0.1) is 0 Å². The van der Waals surface area contributed by atoms with Gasteiger partial charge in [0.1, 0.15) is 4.60 Å². The van der Waals surface area contributed by atoms with E-state index in [9.17, 15) is 4.79 Å². The summed E-state index contributed by atoms with van der Waals surface area (Å²) in [6.07, 6.45) is 1.60. The van der Waals surface area contributed by atoms with Crippen LogP contribution >= 0.6 is 31.9 Å². The van der Waals surface area contributed by atoms with E-state index in [1.165, 1.54) is 0 Å². The lowest BCUT2D eigenvalue weighted by molar-refractivity contribution is 0.102. The predicted octanol–water partition coefficient (Wildman–Crippen LogP) is 3.86. The first-order chi connectivity index (χ1) is 8.16. The van der Waals surface area contributed by atoms with Crippen molar-refractivity contribution in [2.75, 3.05) is 5.32 Å². The van der Waals surface area contributed by atoms with Crippen LogP contribution in [0.15, 0.2) is 51.7 Å². The van der Waals surface area contributed by atoms with Crippen molar-refractivity contribution >= 4 is 43.5 Å². The van der Waals surface area contributed by atoms with Crippen LogP contribution in [-0.4, -0.2) is 10.9 Å². The molecule has 5 heteroatoms. The summed E-state index contributed by atoms with van der Waals surface area (Å²) in [5.41, 5.74) is 1.25. The number of benzene rings is 1. The Balaban J connectivity index is 2.17. The summed E-state index contributed by atoms with van der Waals surface area (Å²) in [6, 6.07) is 10.8. The number of carbonyl (C=O) groups excluding carboxylic acids is 1. The smallest absolute Gasteiger partial charge is 0.256 e. The maximum absolute atomic E-state index is 11.9. The fourth-order valence-electron chi connectivity index (χ4n) is 1.29. The van der Waals surface area contributed by atoms with Crippen LogP contribution in [0.1, 0.15) is 10.4 Å². The van der Waals surface area contributed by atoms with E-state index in [0.717, 1.165) is 9.08 Å². The summed E-state index contributed by atoms with van der Waals surface area (Å²) >= 11 is 6.57. The summed E-state index contributed by atoms with van der Waals surface area (Å²) in [5.74, 6) is -0.165. The lowest BCUT2D eigenvalue weighted by Gasteiger charge is -2.06. The Morgan fingerprint density at radius 2 is 1.88 bits per heavy atom. The van der Waals surface area contributed by atoms with E-state index >= 15 is 0 Å². The minimum absolute atomic E-state index is 0.165. The largest absolute Gasteiger partial charge is 0.321 e. The third-order valence-corrected chi connectivity index (χ3v) is 3.26. The van der Waals surface area contributed by atoms with Crippen LogP contribution in [-0.2, 0) is 0 Å². The standard InChI is InChI=1S/C12H8Br2N2O/c13-10-4-2-1-3-9(10)12(17)16-8-5-6-11(14)15-7-8/h1-7H,(H,16,17). The number of nitrogens with one attached hydrogen (secondary N) is 1. The van der Waals surface area contributed by atoms with Crippen molar-refractivity contribution in [3.05, 3.63) is 57.2 Å². The molecule has 86 valence electrons. The third kappa shape index (κ3) is 3.14. The molecule has 0 aliphatic carbocycles. The highest BCUT2D eigenvalue weighted by Crippen LogP contribution is 2.18. The Labute approximate surface area is 116 Å². The lowest BCUT2D eigenvalue weighted by Crippen LogP contribution is -2.12. The van der Waals surface area contributed by atoms with E-state index in [2.05, 4.69) is 42.2 Å². The van der Waals surface area contributed by atoms with Crippen molar-refractivity contribution in [3.63, 3.8) is 0 Å².